The lowest BCUT2D eigenvalue weighted by molar-refractivity contribution is 0.683. The summed E-state index contributed by atoms with van der Waals surface area (Å²) >= 11 is 4.21. The molecule has 1 aliphatic rings. The van der Waals surface area contributed by atoms with Crippen LogP contribution in [0.4, 0.5) is 5.82 Å². The van der Waals surface area contributed by atoms with Crippen LogP contribution in [0.2, 0.25) is 0 Å². The average Bonchev–Trinajstić information content (AvgIpc) is 2.93. The maximum Gasteiger partial charge on any atom is 0.143 e. The molecule has 1 heterocycles. The summed E-state index contributed by atoms with van der Waals surface area (Å²) < 4.78 is 1.24. The fourth-order valence-electron chi connectivity index (χ4n) is 2.54. The van der Waals surface area contributed by atoms with Gasteiger partial charge in [-0.25, -0.2) is 9.97 Å². The molecule has 19 heavy (non-hydrogen) atoms. The quantitative estimate of drug-likeness (QED) is 0.729. The lowest BCUT2D eigenvalue weighted by Crippen LogP contribution is -2.12. The Morgan fingerprint density at radius 2 is 2.05 bits per heavy atom. The number of nitrogens with zero attached hydrogens (tertiary/aromatic N) is 2. The second-order valence-corrected chi connectivity index (χ2v) is 6.97. The van der Waals surface area contributed by atoms with Crippen molar-refractivity contribution in [3.05, 3.63) is 15.1 Å². The van der Waals surface area contributed by atoms with Gasteiger partial charge in [-0.3, -0.25) is 0 Å². The number of hydrogen-bond donors (Lipinski definition) is 1. The Morgan fingerprint density at radius 3 is 2.68 bits per heavy atom. The Labute approximate surface area is 133 Å². The molecule has 1 fully saturated rings. The minimum atomic E-state index is 0.651. The average molecular weight is 391 g/mol. The molecule has 2 rings (SSSR count). The van der Waals surface area contributed by atoms with E-state index in [9.17, 15) is 0 Å². The molecule has 0 aliphatic heterocycles. The summed E-state index contributed by atoms with van der Waals surface area (Å²) in [6, 6.07) is 0. The Balaban J connectivity index is 2.30. The Morgan fingerprint density at radius 1 is 1.32 bits per heavy atom. The number of aromatic nitrogens is 2. The van der Waals surface area contributed by atoms with Gasteiger partial charge >= 0.3 is 0 Å². The molecule has 0 atom stereocenters. The van der Waals surface area contributed by atoms with Gasteiger partial charge in [0.25, 0.3) is 0 Å². The summed E-state index contributed by atoms with van der Waals surface area (Å²) in [6.07, 6.45) is 8.50. The number of anilines is 1. The van der Waals surface area contributed by atoms with Gasteiger partial charge in [0.15, 0.2) is 0 Å². The summed E-state index contributed by atoms with van der Waals surface area (Å²) in [4.78, 5) is 9.51. The molecule has 3 nitrogen and oxygen atoms in total. The van der Waals surface area contributed by atoms with E-state index in [1.165, 1.54) is 34.9 Å². The van der Waals surface area contributed by atoms with E-state index in [2.05, 4.69) is 46.1 Å². The van der Waals surface area contributed by atoms with Crippen LogP contribution in [0, 0.1) is 3.57 Å². The maximum absolute atomic E-state index is 4.83. The smallest absolute Gasteiger partial charge is 0.143 e. The van der Waals surface area contributed by atoms with Crippen molar-refractivity contribution in [2.45, 2.75) is 50.7 Å². The van der Waals surface area contributed by atoms with Crippen molar-refractivity contribution in [3.63, 3.8) is 0 Å². The van der Waals surface area contributed by atoms with Gasteiger partial charge in [0.2, 0.25) is 0 Å². The molecule has 1 aliphatic carbocycles. The largest absolute Gasteiger partial charge is 0.369 e. The molecule has 0 spiro atoms. The molecule has 0 amide bonds. The van der Waals surface area contributed by atoms with Crippen LogP contribution in [0.3, 0.4) is 0 Å². The number of rotatable bonds is 6. The fraction of sp³-hybridized carbons (Fsp3) is 0.714. The molecule has 0 bridgehead atoms. The van der Waals surface area contributed by atoms with Gasteiger partial charge in [-0.15, -0.1) is 0 Å². The van der Waals surface area contributed by atoms with Crippen LogP contribution in [0.15, 0.2) is 0 Å². The van der Waals surface area contributed by atoms with Gasteiger partial charge in [0.1, 0.15) is 11.6 Å². The summed E-state index contributed by atoms with van der Waals surface area (Å²) in [7, 11) is 0. The summed E-state index contributed by atoms with van der Waals surface area (Å²) in [5, 5.41) is 3.46. The monoisotopic (exact) mass is 391 g/mol. The first-order valence-corrected chi connectivity index (χ1v) is 9.52. The van der Waals surface area contributed by atoms with Gasteiger partial charge < -0.3 is 5.32 Å². The van der Waals surface area contributed by atoms with Crippen LogP contribution in [0.5, 0.6) is 0 Å². The highest BCUT2D eigenvalue weighted by atomic mass is 127. The van der Waals surface area contributed by atoms with Crippen LogP contribution < -0.4 is 5.32 Å². The summed E-state index contributed by atoms with van der Waals surface area (Å²) in [5.74, 6) is 3.58. The first kappa shape index (κ1) is 15.4. The summed E-state index contributed by atoms with van der Waals surface area (Å²) in [5.41, 5.74) is 1.29. The highest BCUT2D eigenvalue weighted by Crippen LogP contribution is 2.37. The standard InChI is InChI=1S/C14H22IN3S/c1-3-8-16-14-12(15)13(10-6-4-5-7-10)17-11(18-14)9-19-2/h10H,3-9H2,1-2H3,(H,16,17,18). The molecular weight excluding hydrogens is 369 g/mol. The number of hydrogen-bond acceptors (Lipinski definition) is 4. The third-order valence-electron chi connectivity index (χ3n) is 3.48. The number of thioether (sulfide) groups is 1. The first-order chi connectivity index (χ1) is 9.26. The van der Waals surface area contributed by atoms with Gasteiger partial charge in [0, 0.05) is 12.5 Å². The molecular formula is C14H22IN3S. The van der Waals surface area contributed by atoms with E-state index in [0.717, 1.165) is 30.4 Å². The molecule has 1 saturated carbocycles. The second-order valence-electron chi connectivity index (χ2n) is 5.03. The van der Waals surface area contributed by atoms with Crippen LogP contribution in [-0.2, 0) is 5.75 Å². The van der Waals surface area contributed by atoms with E-state index in [4.69, 9.17) is 4.98 Å². The van der Waals surface area contributed by atoms with Crippen molar-refractivity contribution in [2.24, 2.45) is 0 Å². The third kappa shape index (κ3) is 3.97. The topological polar surface area (TPSA) is 37.8 Å². The Hall–Kier alpha value is -0.0400. The molecule has 0 radical (unpaired) electrons. The van der Waals surface area contributed by atoms with Crippen molar-refractivity contribution >= 4 is 40.2 Å². The summed E-state index contributed by atoms with van der Waals surface area (Å²) in [6.45, 7) is 3.16. The lowest BCUT2D eigenvalue weighted by Gasteiger charge is -2.16. The van der Waals surface area contributed by atoms with E-state index < -0.39 is 0 Å². The SMILES string of the molecule is CCCNc1nc(CSC)nc(C2CCCC2)c1I. The van der Waals surface area contributed by atoms with E-state index >= 15 is 0 Å². The highest BCUT2D eigenvalue weighted by Gasteiger charge is 2.23. The zero-order chi connectivity index (χ0) is 13.7. The van der Waals surface area contributed by atoms with Crippen LogP contribution in [0.25, 0.3) is 0 Å². The Kier molecular flexibility index (Phi) is 6.19. The van der Waals surface area contributed by atoms with Crippen LogP contribution in [0.1, 0.15) is 56.5 Å². The predicted octanol–water partition coefficient (Wildman–Crippen LogP) is 4.42. The van der Waals surface area contributed by atoms with Gasteiger partial charge in [-0.05, 0) is 48.1 Å². The van der Waals surface area contributed by atoms with Crippen molar-refractivity contribution in [2.75, 3.05) is 18.1 Å². The molecule has 1 aromatic rings. The molecule has 1 N–H and O–H groups in total. The third-order valence-corrected chi connectivity index (χ3v) is 5.09. The minimum Gasteiger partial charge on any atom is -0.369 e. The number of halogens is 1. The first-order valence-electron chi connectivity index (χ1n) is 7.05. The lowest BCUT2D eigenvalue weighted by atomic mass is 10.0. The van der Waals surface area contributed by atoms with Crippen LogP contribution in [-0.4, -0.2) is 22.8 Å². The van der Waals surface area contributed by atoms with Gasteiger partial charge in [0.05, 0.1) is 15.0 Å². The molecule has 1 aromatic heterocycles. The van der Waals surface area contributed by atoms with Crippen molar-refractivity contribution in [3.8, 4) is 0 Å². The Bertz CT molecular complexity index is 419. The normalized spacial score (nSPS) is 15.9. The van der Waals surface area contributed by atoms with Gasteiger partial charge in [-0.2, -0.15) is 11.8 Å². The minimum absolute atomic E-state index is 0.651. The predicted molar refractivity (Wildman–Crippen MR) is 92.0 cm³/mol. The molecule has 0 unspecified atom stereocenters. The molecule has 0 saturated heterocycles. The van der Waals surface area contributed by atoms with E-state index in [0.29, 0.717) is 5.92 Å². The van der Waals surface area contributed by atoms with Crippen molar-refractivity contribution in [1.82, 2.24) is 9.97 Å². The van der Waals surface area contributed by atoms with E-state index in [1.807, 2.05) is 0 Å². The molecule has 5 heteroatoms. The fourth-order valence-corrected chi connectivity index (χ4v) is 3.80. The van der Waals surface area contributed by atoms with Crippen LogP contribution >= 0.6 is 34.4 Å². The zero-order valence-electron chi connectivity index (χ0n) is 11.7. The van der Waals surface area contributed by atoms with Crippen molar-refractivity contribution in [1.29, 1.82) is 0 Å². The molecule has 106 valence electrons. The molecule has 0 aromatic carbocycles. The second kappa shape index (κ2) is 7.67. The number of nitrogens with one attached hydrogen (secondary N) is 1. The van der Waals surface area contributed by atoms with E-state index in [1.54, 1.807) is 11.8 Å². The highest BCUT2D eigenvalue weighted by molar-refractivity contribution is 14.1. The van der Waals surface area contributed by atoms with Gasteiger partial charge in [-0.1, -0.05) is 19.8 Å². The maximum atomic E-state index is 4.83. The zero-order valence-corrected chi connectivity index (χ0v) is 14.7. The van der Waals surface area contributed by atoms with E-state index in [-0.39, 0.29) is 0 Å². The van der Waals surface area contributed by atoms with Crippen molar-refractivity contribution < 1.29 is 0 Å².